The second-order valence-electron chi connectivity index (χ2n) is 5.50. The Morgan fingerprint density at radius 2 is 1.54 bits per heavy atom. The van der Waals surface area contributed by atoms with Gasteiger partial charge in [0.1, 0.15) is 17.1 Å². The number of carbonyl (C=O) groups is 1. The molecule has 4 radical (unpaired) electrons. The number of hydrogen-bond acceptors (Lipinski definition) is 5. The van der Waals surface area contributed by atoms with Crippen LogP contribution in [0.5, 0.6) is 5.75 Å². The molecule has 28 heavy (non-hydrogen) atoms. The lowest BCUT2D eigenvalue weighted by atomic mass is 9.88. The van der Waals surface area contributed by atoms with E-state index < -0.39 is 57.4 Å². The third-order valence-corrected chi connectivity index (χ3v) is 4.26. The third kappa shape index (κ3) is 4.93. The average Bonchev–Trinajstić information content (AvgIpc) is 2.50. The van der Waals surface area contributed by atoms with Crippen molar-refractivity contribution in [3.63, 3.8) is 0 Å². The summed E-state index contributed by atoms with van der Waals surface area (Å²) in [5, 5.41) is 9.86. The van der Waals surface area contributed by atoms with Crippen molar-refractivity contribution in [3.05, 3.63) is 28.8 Å². The Balaban J connectivity index is 3.63. The van der Waals surface area contributed by atoms with E-state index in [9.17, 15) is 44.7 Å². The Morgan fingerprint density at radius 1 is 1.04 bits per heavy atom. The van der Waals surface area contributed by atoms with Crippen LogP contribution in [0.1, 0.15) is 21.5 Å². The summed E-state index contributed by atoms with van der Waals surface area (Å²) in [6.07, 6.45) is -13.8. The highest BCUT2D eigenvalue weighted by Crippen LogP contribution is 2.47. The molecule has 0 fully saturated rings. The number of esters is 1. The number of aromatic hydroxyl groups is 1. The summed E-state index contributed by atoms with van der Waals surface area (Å²) in [5.41, 5.74) is -6.99. The van der Waals surface area contributed by atoms with Crippen LogP contribution in [0.2, 0.25) is 0 Å². The quantitative estimate of drug-likeness (QED) is 0.308. The van der Waals surface area contributed by atoms with Gasteiger partial charge < -0.3 is 9.84 Å². The molecule has 0 aliphatic carbocycles. The lowest BCUT2D eigenvalue weighted by Gasteiger charge is -2.35. The second kappa shape index (κ2) is 7.85. The highest BCUT2D eigenvalue weighted by Gasteiger charge is 2.76. The van der Waals surface area contributed by atoms with E-state index in [1.54, 1.807) is 0 Å². The zero-order valence-corrected chi connectivity index (χ0v) is 14.5. The molecular formula is C13H10B2F6O6S. The lowest BCUT2D eigenvalue weighted by molar-refractivity contribution is -0.356. The summed E-state index contributed by atoms with van der Waals surface area (Å²) < 4.78 is 113. The normalized spacial score (nSPS) is 13.4. The first kappa shape index (κ1) is 24.1. The van der Waals surface area contributed by atoms with Crippen LogP contribution in [0, 0.1) is 0 Å². The Morgan fingerprint density at radius 3 is 1.89 bits per heavy atom. The summed E-state index contributed by atoms with van der Waals surface area (Å²) in [4.78, 5) is 12.1. The van der Waals surface area contributed by atoms with Gasteiger partial charge in [-0.2, -0.15) is 34.8 Å². The summed E-state index contributed by atoms with van der Waals surface area (Å²) in [5.74, 6) is -6.48. The van der Waals surface area contributed by atoms with Gasteiger partial charge in [0.05, 0.1) is 15.7 Å². The number of phenols is 1. The van der Waals surface area contributed by atoms with Crippen molar-refractivity contribution >= 4 is 31.8 Å². The zero-order valence-electron chi connectivity index (χ0n) is 13.6. The van der Waals surface area contributed by atoms with E-state index in [0.29, 0.717) is 6.07 Å². The minimum atomic E-state index is -6.49. The molecule has 0 aromatic heterocycles. The van der Waals surface area contributed by atoms with Crippen LogP contribution in [-0.2, 0) is 27.5 Å². The van der Waals surface area contributed by atoms with E-state index >= 15 is 0 Å². The van der Waals surface area contributed by atoms with Crippen LogP contribution in [0.25, 0.3) is 0 Å². The molecule has 0 aliphatic rings. The van der Waals surface area contributed by atoms with Crippen molar-refractivity contribution in [1.29, 1.82) is 0 Å². The standard InChI is InChI=1S/C13H10B2F6O6S/c14-3-6-1-7(4-15)9(22)8(2-6)10(23)27-11(12(16,17)18,13(19,20)21)5-28(24,25)26/h1-2,22H,3-5H2,(H,24,25,26). The average molecular weight is 430 g/mol. The smallest absolute Gasteiger partial charge is 0.438 e. The van der Waals surface area contributed by atoms with E-state index in [2.05, 4.69) is 4.74 Å². The van der Waals surface area contributed by atoms with Crippen molar-refractivity contribution in [1.82, 2.24) is 0 Å². The number of carbonyl (C=O) groups excluding carboxylic acids is 1. The van der Waals surface area contributed by atoms with Crippen LogP contribution in [0.4, 0.5) is 26.3 Å². The summed E-state index contributed by atoms with van der Waals surface area (Å²) >= 11 is 0. The summed E-state index contributed by atoms with van der Waals surface area (Å²) in [6.45, 7) is 0. The number of rotatable bonds is 6. The number of ether oxygens (including phenoxy) is 1. The van der Waals surface area contributed by atoms with Gasteiger partial charge in [-0.25, -0.2) is 4.79 Å². The maximum atomic E-state index is 13.2. The summed E-state index contributed by atoms with van der Waals surface area (Å²) in [7, 11) is 4.63. The predicted molar refractivity (Wildman–Crippen MR) is 83.7 cm³/mol. The predicted octanol–water partition coefficient (Wildman–Crippen LogP) is 1.64. The molecule has 1 rings (SSSR count). The van der Waals surface area contributed by atoms with Gasteiger partial charge in [0, 0.05) is 0 Å². The molecule has 0 spiro atoms. The SMILES string of the molecule is [B]Cc1cc(C[B])c(O)c(C(=O)OC(CS(=O)(=O)O)(C(F)(F)F)C(F)(F)F)c1. The van der Waals surface area contributed by atoms with Gasteiger partial charge >= 0.3 is 23.9 Å². The fraction of sp³-hybridized carbons (Fsp3) is 0.462. The molecule has 1 aromatic rings. The van der Waals surface area contributed by atoms with Crippen molar-refractivity contribution in [3.8, 4) is 5.75 Å². The second-order valence-corrected chi connectivity index (χ2v) is 6.95. The van der Waals surface area contributed by atoms with Gasteiger partial charge in [0.15, 0.2) is 0 Å². The van der Waals surface area contributed by atoms with Gasteiger partial charge in [0.25, 0.3) is 10.1 Å². The minimum absolute atomic E-state index is 0.00426. The topological polar surface area (TPSA) is 101 Å². The maximum absolute atomic E-state index is 13.2. The molecule has 0 saturated heterocycles. The van der Waals surface area contributed by atoms with E-state index in [-0.39, 0.29) is 17.4 Å². The minimum Gasteiger partial charge on any atom is -0.507 e. The molecule has 2 N–H and O–H groups in total. The number of benzene rings is 1. The molecular weight excluding hydrogens is 420 g/mol. The van der Waals surface area contributed by atoms with Gasteiger partial charge in [-0.3, -0.25) is 4.55 Å². The first-order valence-electron chi connectivity index (χ1n) is 7.06. The number of hydrogen-bond donors (Lipinski definition) is 2. The van der Waals surface area contributed by atoms with Crippen LogP contribution in [0.15, 0.2) is 12.1 Å². The first-order chi connectivity index (χ1) is 12.5. The number of alkyl halides is 6. The van der Waals surface area contributed by atoms with Gasteiger partial charge in [0.2, 0.25) is 0 Å². The van der Waals surface area contributed by atoms with E-state index in [4.69, 9.17) is 20.2 Å². The van der Waals surface area contributed by atoms with Gasteiger partial charge in [-0.15, -0.1) is 0 Å². The first-order valence-corrected chi connectivity index (χ1v) is 8.67. The Hall–Kier alpha value is -1.89. The molecule has 0 saturated carbocycles. The molecule has 6 nitrogen and oxygen atoms in total. The molecule has 0 amide bonds. The fourth-order valence-corrected chi connectivity index (χ4v) is 3.03. The van der Waals surface area contributed by atoms with E-state index in [1.807, 2.05) is 0 Å². The Bertz CT molecular complexity index is 838. The molecule has 15 heteroatoms. The van der Waals surface area contributed by atoms with Crippen molar-refractivity contribution in [2.75, 3.05) is 5.75 Å². The molecule has 1 aromatic carbocycles. The molecule has 0 unspecified atom stereocenters. The van der Waals surface area contributed by atoms with Crippen LogP contribution >= 0.6 is 0 Å². The monoisotopic (exact) mass is 430 g/mol. The maximum Gasteiger partial charge on any atom is 0.438 e. The molecule has 0 heterocycles. The highest BCUT2D eigenvalue weighted by molar-refractivity contribution is 7.85. The number of halogens is 6. The van der Waals surface area contributed by atoms with Gasteiger partial charge in [-0.05, 0) is 11.6 Å². The largest absolute Gasteiger partial charge is 0.507 e. The van der Waals surface area contributed by atoms with Crippen LogP contribution in [-0.4, -0.2) is 63.4 Å². The lowest BCUT2D eigenvalue weighted by Crippen LogP contribution is -2.63. The fourth-order valence-electron chi connectivity index (χ4n) is 2.13. The number of phenolic OH excluding ortho intramolecular Hbond substituents is 1. The van der Waals surface area contributed by atoms with Gasteiger partial charge in [-0.1, -0.05) is 24.3 Å². The Labute approximate surface area is 157 Å². The van der Waals surface area contributed by atoms with Crippen molar-refractivity contribution in [2.45, 2.75) is 30.6 Å². The highest BCUT2D eigenvalue weighted by atomic mass is 32.2. The third-order valence-electron chi connectivity index (χ3n) is 3.49. The van der Waals surface area contributed by atoms with Crippen LogP contribution < -0.4 is 0 Å². The zero-order chi connectivity index (χ0) is 22.1. The van der Waals surface area contributed by atoms with Crippen molar-refractivity contribution < 1.29 is 54.0 Å². The molecule has 0 aliphatic heterocycles. The van der Waals surface area contributed by atoms with Crippen molar-refractivity contribution in [2.24, 2.45) is 0 Å². The Kier molecular flexibility index (Phi) is 6.77. The van der Waals surface area contributed by atoms with Crippen LogP contribution in [0.3, 0.4) is 0 Å². The molecule has 0 atom stereocenters. The summed E-state index contributed by atoms with van der Waals surface area (Å²) in [6, 6.07) is 1.80. The van der Waals surface area contributed by atoms with E-state index in [0.717, 1.165) is 6.07 Å². The molecule has 152 valence electrons. The van der Waals surface area contributed by atoms with E-state index in [1.165, 1.54) is 0 Å². The molecule has 0 bridgehead atoms.